The number of hydrogen-bond donors (Lipinski definition) is 2. The number of aromatic nitrogens is 1. The van der Waals surface area contributed by atoms with Crippen molar-refractivity contribution in [1.29, 1.82) is 0 Å². The van der Waals surface area contributed by atoms with E-state index in [-0.39, 0.29) is 28.3 Å². The number of hydroxylamine groups is 2. The van der Waals surface area contributed by atoms with E-state index in [0.29, 0.717) is 24.0 Å². The van der Waals surface area contributed by atoms with E-state index >= 15 is 0 Å². The molecule has 0 saturated carbocycles. The lowest BCUT2D eigenvalue weighted by molar-refractivity contribution is -0.204. The van der Waals surface area contributed by atoms with Crippen molar-refractivity contribution < 1.29 is 23.6 Å². The molecule has 1 saturated heterocycles. The van der Waals surface area contributed by atoms with Crippen LogP contribution in [0.1, 0.15) is 48.8 Å². The van der Waals surface area contributed by atoms with Crippen molar-refractivity contribution in [3.8, 4) is 5.75 Å². The normalized spacial score (nSPS) is 15.5. The smallest absolute Gasteiger partial charge is 0.330 e. The van der Waals surface area contributed by atoms with Gasteiger partial charge in [0.15, 0.2) is 5.13 Å². The molecule has 0 aliphatic carbocycles. The standard InChI is InChI=1S/C21H27FN4O4S/c1-21(2,3)19(28)30-26-9-7-12(8-10-26)24-20-25-18(23)17(31-20)16(27)14-6-5-13(29-4)11-15(14)22/h5-6,11-12H,7-10,23H2,1-4H3,(H,24,25). The molecule has 168 valence electrons. The summed E-state index contributed by atoms with van der Waals surface area (Å²) in [6.07, 6.45) is 1.46. The summed E-state index contributed by atoms with van der Waals surface area (Å²) in [7, 11) is 1.43. The zero-order valence-electron chi connectivity index (χ0n) is 18.0. The first kappa shape index (κ1) is 23.0. The Morgan fingerprint density at radius 1 is 1.29 bits per heavy atom. The first-order valence-electron chi connectivity index (χ1n) is 9.97. The molecule has 8 nitrogen and oxygen atoms in total. The lowest BCUT2D eigenvalue weighted by Gasteiger charge is -2.32. The summed E-state index contributed by atoms with van der Waals surface area (Å²) in [6.45, 7) is 6.61. The number of ether oxygens (including phenoxy) is 1. The number of nitrogens with one attached hydrogen (secondary N) is 1. The average molecular weight is 451 g/mol. The van der Waals surface area contributed by atoms with Crippen LogP contribution >= 0.6 is 11.3 Å². The predicted molar refractivity (Wildman–Crippen MR) is 117 cm³/mol. The summed E-state index contributed by atoms with van der Waals surface area (Å²) in [4.78, 5) is 34.6. The molecule has 10 heteroatoms. The first-order valence-corrected chi connectivity index (χ1v) is 10.8. The number of nitrogens with two attached hydrogens (primary N) is 1. The van der Waals surface area contributed by atoms with Crippen LogP contribution in [0, 0.1) is 11.2 Å². The van der Waals surface area contributed by atoms with Crippen LogP contribution in [-0.4, -0.2) is 48.0 Å². The monoisotopic (exact) mass is 450 g/mol. The van der Waals surface area contributed by atoms with E-state index in [2.05, 4.69) is 10.3 Å². The molecular weight excluding hydrogens is 423 g/mol. The van der Waals surface area contributed by atoms with E-state index in [1.54, 1.807) is 5.06 Å². The number of hydrogen-bond acceptors (Lipinski definition) is 9. The number of anilines is 2. The lowest BCUT2D eigenvalue weighted by atomic mass is 9.98. The third-order valence-electron chi connectivity index (χ3n) is 4.89. The average Bonchev–Trinajstić information content (AvgIpc) is 3.08. The van der Waals surface area contributed by atoms with Gasteiger partial charge in [-0.1, -0.05) is 11.3 Å². The number of nitrogens with zero attached hydrogens (tertiary/aromatic N) is 2. The zero-order chi connectivity index (χ0) is 22.8. The highest BCUT2D eigenvalue weighted by molar-refractivity contribution is 7.18. The number of ketones is 1. The summed E-state index contributed by atoms with van der Waals surface area (Å²) in [5.74, 6) is -1.08. The number of thiazole rings is 1. The highest BCUT2D eigenvalue weighted by Crippen LogP contribution is 2.30. The number of halogens is 1. The molecule has 1 fully saturated rings. The minimum absolute atomic E-state index is 0.0595. The summed E-state index contributed by atoms with van der Waals surface area (Å²) in [5, 5.41) is 5.45. The Kier molecular flexibility index (Phi) is 6.80. The van der Waals surface area contributed by atoms with Gasteiger partial charge in [0.25, 0.3) is 0 Å². The highest BCUT2D eigenvalue weighted by atomic mass is 32.1. The molecule has 1 aromatic carbocycles. The molecular formula is C21H27FN4O4S. The number of benzene rings is 1. The summed E-state index contributed by atoms with van der Waals surface area (Å²) in [6, 6.07) is 4.14. The predicted octanol–water partition coefficient (Wildman–Crippen LogP) is 3.48. The molecule has 3 N–H and O–H groups in total. The molecule has 1 aliphatic rings. The van der Waals surface area contributed by atoms with Crippen LogP contribution < -0.4 is 15.8 Å². The van der Waals surface area contributed by atoms with Crippen molar-refractivity contribution in [3.63, 3.8) is 0 Å². The SMILES string of the molecule is COc1ccc(C(=O)c2sc(NC3CCN(OC(=O)C(C)(C)C)CC3)nc2N)c(F)c1. The van der Waals surface area contributed by atoms with Gasteiger partial charge in [-0.25, -0.2) is 14.2 Å². The van der Waals surface area contributed by atoms with E-state index in [9.17, 15) is 14.0 Å². The Labute approximate surface area is 184 Å². The Bertz CT molecular complexity index is 965. The molecule has 2 aromatic rings. The summed E-state index contributed by atoms with van der Waals surface area (Å²) in [5.41, 5.74) is 5.29. The minimum atomic E-state index is -0.677. The zero-order valence-corrected chi connectivity index (χ0v) is 18.8. The van der Waals surface area contributed by atoms with Crippen LogP contribution in [0.5, 0.6) is 5.75 Å². The number of carbonyl (C=O) groups excluding carboxylic acids is 2. The van der Waals surface area contributed by atoms with Crippen LogP contribution in [-0.2, 0) is 9.63 Å². The number of piperidine rings is 1. The molecule has 0 radical (unpaired) electrons. The maximum atomic E-state index is 14.3. The molecule has 0 amide bonds. The van der Waals surface area contributed by atoms with E-state index in [4.69, 9.17) is 15.3 Å². The lowest BCUT2D eigenvalue weighted by Crippen LogP contribution is -2.42. The van der Waals surface area contributed by atoms with Crippen LogP contribution in [0.15, 0.2) is 18.2 Å². The maximum Gasteiger partial charge on any atom is 0.330 e. The quantitative estimate of drug-likeness (QED) is 0.644. The highest BCUT2D eigenvalue weighted by Gasteiger charge is 2.29. The second kappa shape index (κ2) is 9.19. The maximum absolute atomic E-state index is 14.3. The molecule has 0 unspecified atom stereocenters. The van der Waals surface area contributed by atoms with Crippen LogP contribution in [0.3, 0.4) is 0 Å². The molecule has 1 aliphatic heterocycles. The minimum Gasteiger partial charge on any atom is -0.497 e. The molecule has 0 spiro atoms. The molecule has 0 bridgehead atoms. The number of carbonyl (C=O) groups is 2. The Morgan fingerprint density at radius 2 is 1.97 bits per heavy atom. The Balaban J connectivity index is 1.61. The topological polar surface area (TPSA) is 107 Å². The molecule has 31 heavy (non-hydrogen) atoms. The van der Waals surface area contributed by atoms with Crippen LogP contribution in [0.2, 0.25) is 0 Å². The van der Waals surface area contributed by atoms with Gasteiger partial charge in [-0.2, -0.15) is 0 Å². The van der Waals surface area contributed by atoms with Crippen molar-refractivity contribution in [2.24, 2.45) is 5.41 Å². The fraction of sp³-hybridized carbons (Fsp3) is 0.476. The van der Waals surface area contributed by atoms with Gasteiger partial charge in [0.1, 0.15) is 22.3 Å². The fourth-order valence-electron chi connectivity index (χ4n) is 3.01. The Hall–Kier alpha value is -2.72. The summed E-state index contributed by atoms with van der Waals surface area (Å²) >= 11 is 1.10. The van der Waals surface area contributed by atoms with Crippen LogP contribution in [0.25, 0.3) is 0 Å². The molecule has 1 aromatic heterocycles. The van der Waals surface area contributed by atoms with Gasteiger partial charge in [-0.3, -0.25) is 4.79 Å². The van der Waals surface area contributed by atoms with Crippen molar-refractivity contribution >= 4 is 34.0 Å². The van der Waals surface area contributed by atoms with Gasteiger partial charge < -0.3 is 20.6 Å². The van der Waals surface area contributed by atoms with Gasteiger partial charge in [0.2, 0.25) is 5.78 Å². The largest absolute Gasteiger partial charge is 0.497 e. The second-order valence-corrected chi connectivity index (χ2v) is 9.38. The third-order valence-corrected chi connectivity index (χ3v) is 5.89. The van der Waals surface area contributed by atoms with Crippen LogP contribution in [0.4, 0.5) is 15.3 Å². The van der Waals surface area contributed by atoms with Crippen molar-refractivity contribution in [2.45, 2.75) is 39.7 Å². The summed E-state index contributed by atoms with van der Waals surface area (Å²) < 4.78 is 19.2. The van der Waals surface area contributed by atoms with Gasteiger partial charge in [-0.15, -0.1) is 5.06 Å². The molecule has 0 atom stereocenters. The van der Waals surface area contributed by atoms with E-state index < -0.39 is 17.0 Å². The fourth-order valence-corrected chi connectivity index (χ4v) is 3.92. The molecule has 2 heterocycles. The number of rotatable bonds is 6. The van der Waals surface area contributed by atoms with Crippen molar-refractivity contribution in [2.75, 3.05) is 31.2 Å². The van der Waals surface area contributed by atoms with E-state index in [1.807, 2.05) is 20.8 Å². The number of nitrogen functional groups attached to an aromatic ring is 1. The van der Waals surface area contributed by atoms with Gasteiger partial charge in [0.05, 0.1) is 18.1 Å². The first-order chi connectivity index (χ1) is 14.6. The molecule has 3 rings (SSSR count). The Morgan fingerprint density at radius 3 is 2.55 bits per heavy atom. The number of methoxy groups -OCH3 is 1. The van der Waals surface area contributed by atoms with Gasteiger partial charge in [0, 0.05) is 25.2 Å². The van der Waals surface area contributed by atoms with Crippen molar-refractivity contribution in [1.82, 2.24) is 10.0 Å². The third kappa shape index (κ3) is 5.50. The van der Waals surface area contributed by atoms with Crippen molar-refractivity contribution in [3.05, 3.63) is 34.5 Å². The second-order valence-electron chi connectivity index (χ2n) is 8.38. The van der Waals surface area contributed by atoms with Gasteiger partial charge >= 0.3 is 5.97 Å². The van der Waals surface area contributed by atoms with E-state index in [0.717, 1.165) is 30.2 Å². The van der Waals surface area contributed by atoms with E-state index in [1.165, 1.54) is 19.2 Å². The van der Waals surface area contributed by atoms with Gasteiger partial charge in [-0.05, 0) is 45.7 Å².